The number of hydrogen-bond acceptors (Lipinski definition) is 5. The van der Waals surface area contributed by atoms with E-state index >= 15 is 0 Å². The molecule has 0 aliphatic carbocycles. The summed E-state index contributed by atoms with van der Waals surface area (Å²) in [7, 11) is 1.53. The zero-order valence-corrected chi connectivity index (χ0v) is 19.3. The lowest BCUT2D eigenvalue weighted by molar-refractivity contribution is -0.122. The van der Waals surface area contributed by atoms with E-state index in [1.807, 2.05) is 42.5 Å². The second kappa shape index (κ2) is 11.4. The standard InChI is InChI=1S/C25H27ClN4O3/c1-16(31)29-21-5-3-4-18(12-21)15-28-25(32)24(19-8-11-22(26)23(13-19)33-2)30-20-9-6-17(14-27)7-10-20/h3-13,24,30H,14-15,27H2,1-2H3,(H,28,32)(H,29,31). The van der Waals surface area contributed by atoms with Crippen LogP contribution in [0.2, 0.25) is 5.02 Å². The molecule has 3 aromatic carbocycles. The second-order valence-electron chi connectivity index (χ2n) is 7.47. The summed E-state index contributed by atoms with van der Waals surface area (Å²) in [6.45, 7) is 2.18. The Kier molecular flexibility index (Phi) is 8.29. The number of methoxy groups -OCH3 is 1. The number of amides is 2. The van der Waals surface area contributed by atoms with E-state index in [-0.39, 0.29) is 11.8 Å². The van der Waals surface area contributed by atoms with E-state index in [2.05, 4.69) is 16.0 Å². The van der Waals surface area contributed by atoms with Gasteiger partial charge in [0.25, 0.3) is 0 Å². The molecule has 0 saturated heterocycles. The summed E-state index contributed by atoms with van der Waals surface area (Å²) in [5.41, 5.74) is 9.68. The molecule has 2 amide bonds. The van der Waals surface area contributed by atoms with Crippen LogP contribution in [0.5, 0.6) is 5.75 Å². The number of carbonyl (C=O) groups excluding carboxylic acids is 2. The fraction of sp³-hybridized carbons (Fsp3) is 0.200. The van der Waals surface area contributed by atoms with Crippen LogP contribution in [0.1, 0.15) is 29.7 Å². The Morgan fingerprint density at radius 1 is 1.00 bits per heavy atom. The molecule has 0 fully saturated rings. The maximum absolute atomic E-state index is 13.3. The van der Waals surface area contributed by atoms with Crippen LogP contribution in [0.3, 0.4) is 0 Å². The number of halogens is 1. The third kappa shape index (κ3) is 6.71. The quantitative estimate of drug-likeness (QED) is 0.377. The topological polar surface area (TPSA) is 105 Å². The average Bonchev–Trinajstić information content (AvgIpc) is 2.81. The molecule has 0 saturated carbocycles. The second-order valence-corrected chi connectivity index (χ2v) is 7.88. The Hall–Kier alpha value is -3.55. The van der Waals surface area contributed by atoms with Crippen LogP contribution in [0, 0.1) is 0 Å². The van der Waals surface area contributed by atoms with Crippen LogP contribution in [0.15, 0.2) is 66.7 Å². The summed E-state index contributed by atoms with van der Waals surface area (Å²) < 4.78 is 5.33. The Morgan fingerprint density at radius 3 is 2.42 bits per heavy atom. The Balaban J connectivity index is 1.81. The van der Waals surface area contributed by atoms with Crippen LogP contribution < -0.4 is 26.4 Å². The fourth-order valence-corrected chi connectivity index (χ4v) is 3.51. The predicted octanol–water partition coefficient (Wildman–Crippen LogP) is 4.24. The van der Waals surface area contributed by atoms with Gasteiger partial charge in [0, 0.05) is 31.4 Å². The molecule has 0 radical (unpaired) electrons. The number of ether oxygens (including phenoxy) is 1. The Morgan fingerprint density at radius 2 is 1.76 bits per heavy atom. The number of nitrogens with two attached hydrogens (primary N) is 1. The molecule has 0 spiro atoms. The molecule has 1 atom stereocenters. The smallest absolute Gasteiger partial charge is 0.247 e. The van der Waals surface area contributed by atoms with Crippen molar-refractivity contribution in [2.75, 3.05) is 17.7 Å². The highest BCUT2D eigenvalue weighted by Gasteiger charge is 2.22. The molecule has 0 bridgehead atoms. The predicted molar refractivity (Wildman–Crippen MR) is 131 cm³/mol. The molecule has 33 heavy (non-hydrogen) atoms. The van der Waals surface area contributed by atoms with E-state index in [0.29, 0.717) is 35.1 Å². The maximum Gasteiger partial charge on any atom is 0.247 e. The largest absolute Gasteiger partial charge is 0.495 e. The Bertz CT molecular complexity index is 1120. The van der Waals surface area contributed by atoms with E-state index in [4.69, 9.17) is 22.1 Å². The first-order valence-corrected chi connectivity index (χ1v) is 10.8. The summed E-state index contributed by atoms with van der Waals surface area (Å²) in [4.78, 5) is 24.6. The van der Waals surface area contributed by atoms with Gasteiger partial charge in [0.2, 0.25) is 11.8 Å². The first-order valence-electron chi connectivity index (χ1n) is 10.4. The van der Waals surface area contributed by atoms with Crippen molar-refractivity contribution in [3.05, 3.63) is 88.4 Å². The van der Waals surface area contributed by atoms with Crippen LogP contribution in [-0.4, -0.2) is 18.9 Å². The number of hydrogen-bond donors (Lipinski definition) is 4. The minimum atomic E-state index is -0.696. The van der Waals surface area contributed by atoms with Gasteiger partial charge < -0.3 is 26.4 Å². The SMILES string of the molecule is COc1cc(C(Nc2ccc(CN)cc2)C(=O)NCc2cccc(NC(C)=O)c2)ccc1Cl. The number of rotatable bonds is 9. The lowest BCUT2D eigenvalue weighted by atomic mass is 10.0. The third-order valence-electron chi connectivity index (χ3n) is 4.99. The van der Waals surface area contributed by atoms with Crippen molar-refractivity contribution in [3.63, 3.8) is 0 Å². The molecule has 7 nitrogen and oxygen atoms in total. The van der Waals surface area contributed by atoms with Crippen LogP contribution >= 0.6 is 11.6 Å². The molecule has 3 aromatic rings. The van der Waals surface area contributed by atoms with Gasteiger partial charge in [0.15, 0.2) is 0 Å². The van der Waals surface area contributed by atoms with Crippen molar-refractivity contribution in [1.82, 2.24) is 5.32 Å². The van der Waals surface area contributed by atoms with E-state index in [1.54, 1.807) is 24.3 Å². The van der Waals surface area contributed by atoms with Gasteiger partial charge >= 0.3 is 0 Å². The average molecular weight is 467 g/mol. The highest BCUT2D eigenvalue weighted by atomic mass is 35.5. The molecule has 0 aliphatic rings. The Labute approximate surface area is 198 Å². The highest BCUT2D eigenvalue weighted by molar-refractivity contribution is 6.32. The number of carbonyl (C=O) groups is 2. The normalized spacial score (nSPS) is 11.4. The van der Waals surface area contributed by atoms with Crippen LogP contribution in [0.25, 0.3) is 0 Å². The van der Waals surface area contributed by atoms with E-state index in [0.717, 1.165) is 16.8 Å². The van der Waals surface area contributed by atoms with Gasteiger partial charge in [-0.25, -0.2) is 0 Å². The highest BCUT2D eigenvalue weighted by Crippen LogP contribution is 2.29. The van der Waals surface area contributed by atoms with Gasteiger partial charge in [-0.1, -0.05) is 41.9 Å². The molecule has 172 valence electrons. The molecule has 0 aromatic heterocycles. The molecule has 3 rings (SSSR count). The molecule has 8 heteroatoms. The molecule has 0 heterocycles. The summed E-state index contributed by atoms with van der Waals surface area (Å²) in [6.07, 6.45) is 0. The van der Waals surface area contributed by atoms with Crippen molar-refractivity contribution >= 4 is 34.8 Å². The van der Waals surface area contributed by atoms with Crippen LogP contribution in [-0.2, 0) is 22.7 Å². The van der Waals surface area contributed by atoms with Crippen molar-refractivity contribution in [3.8, 4) is 5.75 Å². The molecule has 0 aliphatic heterocycles. The van der Waals surface area contributed by atoms with Gasteiger partial charge in [-0.05, 0) is 53.1 Å². The first-order chi connectivity index (χ1) is 15.9. The zero-order chi connectivity index (χ0) is 23.8. The summed E-state index contributed by atoms with van der Waals surface area (Å²) in [5, 5.41) is 9.45. The summed E-state index contributed by atoms with van der Waals surface area (Å²) >= 11 is 6.18. The zero-order valence-electron chi connectivity index (χ0n) is 18.5. The lowest BCUT2D eigenvalue weighted by Gasteiger charge is -2.21. The van der Waals surface area contributed by atoms with E-state index in [9.17, 15) is 9.59 Å². The number of anilines is 2. The van der Waals surface area contributed by atoms with Gasteiger partial charge in [0.05, 0.1) is 12.1 Å². The monoisotopic (exact) mass is 466 g/mol. The van der Waals surface area contributed by atoms with Gasteiger partial charge in [-0.3, -0.25) is 9.59 Å². The van der Waals surface area contributed by atoms with Gasteiger partial charge in [0.1, 0.15) is 11.8 Å². The van der Waals surface area contributed by atoms with E-state index in [1.165, 1.54) is 14.0 Å². The third-order valence-corrected chi connectivity index (χ3v) is 5.30. The molecular formula is C25H27ClN4O3. The molecular weight excluding hydrogens is 440 g/mol. The molecule has 5 N–H and O–H groups in total. The number of nitrogens with one attached hydrogen (secondary N) is 3. The lowest BCUT2D eigenvalue weighted by Crippen LogP contribution is -2.33. The van der Waals surface area contributed by atoms with Crippen molar-refractivity contribution < 1.29 is 14.3 Å². The van der Waals surface area contributed by atoms with Gasteiger partial charge in [-0.15, -0.1) is 0 Å². The fourth-order valence-electron chi connectivity index (χ4n) is 3.31. The maximum atomic E-state index is 13.3. The minimum Gasteiger partial charge on any atom is -0.495 e. The van der Waals surface area contributed by atoms with Crippen molar-refractivity contribution in [2.45, 2.75) is 26.1 Å². The van der Waals surface area contributed by atoms with Crippen LogP contribution in [0.4, 0.5) is 11.4 Å². The van der Waals surface area contributed by atoms with E-state index < -0.39 is 6.04 Å². The minimum absolute atomic E-state index is 0.155. The number of benzene rings is 3. The summed E-state index contributed by atoms with van der Waals surface area (Å²) in [6, 6.07) is 19.4. The first kappa shape index (κ1) is 24.1. The van der Waals surface area contributed by atoms with Crippen molar-refractivity contribution in [2.24, 2.45) is 5.73 Å². The van der Waals surface area contributed by atoms with Crippen molar-refractivity contribution in [1.29, 1.82) is 0 Å². The summed E-state index contributed by atoms with van der Waals surface area (Å²) in [5.74, 6) is 0.0975. The molecule has 1 unspecified atom stereocenters. The van der Waals surface area contributed by atoms with Gasteiger partial charge in [-0.2, -0.15) is 0 Å².